The molecule has 11 heteroatoms. The summed E-state index contributed by atoms with van der Waals surface area (Å²) in [4.78, 5) is 14.6. The van der Waals surface area contributed by atoms with Gasteiger partial charge in [-0.05, 0) is 45.2 Å². The van der Waals surface area contributed by atoms with Crippen molar-refractivity contribution in [2.45, 2.75) is 18.7 Å². The molecule has 4 rings (SSSR count). The fourth-order valence-electron chi connectivity index (χ4n) is 3.71. The Bertz CT molecular complexity index is 1290. The highest BCUT2D eigenvalue weighted by molar-refractivity contribution is 7.89. The van der Waals surface area contributed by atoms with Crippen molar-refractivity contribution in [2.24, 2.45) is 0 Å². The van der Waals surface area contributed by atoms with Crippen LogP contribution in [0.1, 0.15) is 11.5 Å². The Hall–Kier alpha value is -3.02. The molecule has 3 aromatic rings. The van der Waals surface area contributed by atoms with Gasteiger partial charge in [-0.15, -0.1) is 0 Å². The van der Waals surface area contributed by atoms with E-state index in [1.165, 1.54) is 28.2 Å². The third-order valence-electron chi connectivity index (χ3n) is 5.55. The van der Waals surface area contributed by atoms with Crippen LogP contribution in [-0.2, 0) is 10.0 Å². The molecule has 1 fully saturated rings. The van der Waals surface area contributed by atoms with E-state index in [4.69, 9.17) is 9.26 Å². The molecule has 1 aliphatic rings. The van der Waals surface area contributed by atoms with Crippen LogP contribution < -0.4 is 10.3 Å². The van der Waals surface area contributed by atoms with Crippen molar-refractivity contribution in [3.63, 3.8) is 0 Å². The monoisotopic (exact) mass is 459 g/mol. The first-order valence-electron chi connectivity index (χ1n) is 10.1. The van der Waals surface area contributed by atoms with Gasteiger partial charge in [0.15, 0.2) is 5.76 Å². The molecule has 32 heavy (non-hydrogen) atoms. The van der Waals surface area contributed by atoms with Crippen molar-refractivity contribution >= 4 is 10.0 Å². The molecule has 0 amide bonds. The van der Waals surface area contributed by atoms with Crippen molar-refractivity contribution < 1.29 is 17.7 Å². The van der Waals surface area contributed by atoms with Gasteiger partial charge in [-0.25, -0.2) is 8.42 Å². The van der Waals surface area contributed by atoms with Gasteiger partial charge in [-0.1, -0.05) is 5.16 Å². The van der Waals surface area contributed by atoms with Crippen LogP contribution in [0.2, 0.25) is 0 Å². The maximum atomic E-state index is 13.4. The van der Waals surface area contributed by atoms with Crippen LogP contribution in [-0.4, -0.2) is 72.9 Å². The molecule has 0 bridgehead atoms. The van der Waals surface area contributed by atoms with Gasteiger partial charge in [0.25, 0.3) is 5.56 Å². The lowest BCUT2D eigenvalue weighted by Crippen LogP contribution is -2.47. The quantitative estimate of drug-likeness (QED) is 0.564. The van der Waals surface area contributed by atoms with E-state index in [1.54, 1.807) is 32.0 Å². The first-order chi connectivity index (χ1) is 15.2. The fraction of sp³-hybridized carbons (Fsp3) is 0.381. The average molecular weight is 460 g/mol. The smallest absolute Gasteiger partial charge is 0.271 e. The summed E-state index contributed by atoms with van der Waals surface area (Å²) in [6.07, 6.45) is 0. The second-order valence-electron chi connectivity index (χ2n) is 7.71. The largest absolute Gasteiger partial charge is 0.495 e. The van der Waals surface area contributed by atoms with Crippen molar-refractivity contribution in [3.8, 4) is 22.7 Å². The molecule has 0 atom stereocenters. The zero-order valence-corrected chi connectivity index (χ0v) is 19.2. The lowest BCUT2D eigenvalue weighted by Gasteiger charge is -2.31. The number of rotatable bonds is 5. The maximum absolute atomic E-state index is 13.4. The Balaban J connectivity index is 1.80. The number of nitrogens with zero attached hydrogens (tertiary/aromatic N) is 5. The minimum atomic E-state index is -3.77. The highest BCUT2D eigenvalue weighted by Gasteiger charge is 2.30. The fourth-order valence-corrected chi connectivity index (χ4v) is 5.31. The van der Waals surface area contributed by atoms with Crippen molar-refractivity contribution in [1.82, 2.24) is 24.1 Å². The second-order valence-corrected chi connectivity index (χ2v) is 9.62. The molecule has 3 heterocycles. The number of benzene rings is 1. The predicted octanol–water partition coefficient (Wildman–Crippen LogP) is 1.45. The topological polar surface area (TPSA) is 111 Å². The summed E-state index contributed by atoms with van der Waals surface area (Å²) in [5.41, 5.74) is 1.63. The number of sulfonamides is 1. The van der Waals surface area contributed by atoms with Gasteiger partial charge >= 0.3 is 0 Å². The molecule has 10 nitrogen and oxygen atoms in total. The number of methoxy groups -OCH3 is 1. The predicted molar refractivity (Wildman–Crippen MR) is 118 cm³/mol. The number of hydrogen-bond acceptors (Lipinski definition) is 8. The first kappa shape index (κ1) is 22.2. The van der Waals surface area contributed by atoms with E-state index in [9.17, 15) is 13.2 Å². The molecule has 0 N–H and O–H groups in total. The van der Waals surface area contributed by atoms with Gasteiger partial charge in [0.1, 0.15) is 22.0 Å². The molecule has 1 aliphatic heterocycles. The van der Waals surface area contributed by atoms with E-state index < -0.39 is 10.0 Å². The molecule has 0 spiro atoms. The normalized spacial score (nSPS) is 15.8. The third-order valence-corrected chi connectivity index (χ3v) is 7.47. The Morgan fingerprint density at radius 3 is 2.41 bits per heavy atom. The highest BCUT2D eigenvalue weighted by Crippen LogP contribution is 2.31. The lowest BCUT2D eigenvalue weighted by molar-refractivity contribution is 0.222. The molecular formula is C21H25N5O5S. The second kappa shape index (κ2) is 8.49. The minimum Gasteiger partial charge on any atom is -0.495 e. The zero-order valence-electron chi connectivity index (χ0n) is 18.4. The number of hydrogen-bond donors (Lipinski definition) is 0. The van der Waals surface area contributed by atoms with Crippen LogP contribution in [0.3, 0.4) is 0 Å². The molecule has 170 valence electrons. The summed E-state index contributed by atoms with van der Waals surface area (Å²) in [6.45, 7) is 5.55. The zero-order chi connectivity index (χ0) is 23.0. The van der Waals surface area contributed by atoms with Crippen LogP contribution in [0.4, 0.5) is 0 Å². The van der Waals surface area contributed by atoms with Gasteiger partial charge in [-0.3, -0.25) is 4.79 Å². The van der Waals surface area contributed by atoms with Gasteiger partial charge in [0.05, 0.1) is 12.8 Å². The minimum absolute atomic E-state index is 0.0685. The van der Waals surface area contributed by atoms with Gasteiger partial charge < -0.3 is 14.2 Å². The van der Waals surface area contributed by atoms with Crippen LogP contribution >= 0.6 is 0 Å². The summed E-state index contributed by atoms with van der Waals surface area (Å²) >= 11 is 0. The van der Waals surface area contributed by atoms with Crippen LogP contribution in [0.25, 0.3) is 16.9 Å². The van der Waals surface area contributed by atoms with Crippen molar-refractivity contribution in [2.75, 3.05) is 40.3 Å². The molecular weight excluding hydrogens is 434 g/mol. The van der Waals surface area contributed by atoms with E-state index in [-0.39, 0.29) is 16.2 Å². The first-order valence-corrected chi connectivity index (χ1v) is 11.6. The van der Waals surface area contributed by atoms with Crippen LogP contribution in [0.15, 0.2) is 44.5 Å². The Morgan fingerprint density at radius 1 is 1.06 bits per heavy atom. The molecule has 1 saturated heterocycles. The average Bonchev–Trinajstić information content (AvgIpc) is 3.12. The summed E-state index contributed by atoms with van der Waals surface area (Å²) in [7, 11) is -0.372. The van der Waals surface area contributed by atoms with Crippen molar-refractivity contribution in [3.05, 3.63) is 52.1 Å². The third kappa shape index (κ3) is 3.94. The number of piperazine rings is 1. The number of likely N-dealkylation sites (N-methyl/N-ethyl adjacent to an activating group) is 1. The van der Waals surface area contributed by atoms with E-state index >= 15 is 0 Å². The molecule has 0 radical (unpaired) electrons. The van der Waals surface area contributed by atoms with E-state index in [2.05, 4.69) is 15.2 Å². The SMILES string of the molecule is COc1ccc(-c2ccc(=O)n(-c3c(C)noc3C)n2)cc1S(=O)(=O)N1CCN(C)CC1. The number of aryl methyl sites for hydroxylation is 2. The molecule has 2 aromatic heterocycles. The van der Waals surface area contributed by atoms with Crippen molar-refractivity contribution in [1.29, 1.82) is 0 Å². The number of ether oxygens (including phenoxy) is 1. The maximum Gasteiger partial charge on any atom is 0.271 e. The molecule has 1 aromatic carbocycles. The highest BCUT2D eigenvalue weighted by atomic mass is 32.2. The van der Waals surface area contributed by atoms with E-state index in [0.717, 1.165) is 0 Å². The number of aromatic nitrogens is 3. The molecule has 0 saturated carbocycles. The summed E-state index contributed by atoms with van der Waals surface area (Å²) < 4.78 is 40.0. The summed E-state index contributed by atoms with van der Waals surface area (Å²) in [5.74, 6) is 0.717. The standard InChI is InChI=1S/C21H25N5O5S/c1-14-21(15(2)31-23-14)26-20(27)8-6-17(22-26)16-5-7-18(30-4)19(13-16)32(28,29)25-11-9-24(3)10-12-25/h5-8,13H,9-12H2,1-4H3. The Kier molecular flexibility index (Phi) is 5.89. The van der Waals surface area contributed by atoms with Gasteiger partial charge in [0, 0.05) is 37.8 Å². The van der Waals surface area contributed by atoms with Crippen LogP contribution in [0.5, 0.6) is 5.75 Å². The van der Waals surface area contributed by atoms with Gasteiger partial charge in [-0.2, -0.15) is 14.1 Å². The summed E-state index contributed by atoms with van der Waals surface area (Å²) in [5, 5.41) is 8.34. The van der Waals surface area contributed by atoms with E-state index in [0.29, 0.717) is 54.6 Å². The molecule has 0 unspecified atom stereocenters. The Morgan fingerprint density at radius 2 is 1.78 bits per heavy atom. The molecule has 0 aliphatic carbocycles. The van der Waals surface area contributed by atoms with E-state index in [1.807, 2.05) is 7.05 Å². The lowest BCUT2D eigenvalue weighted by atomic mass is 10.1. The Labute approximate surface area is 186 Å². The summed E-state index contributed by atoms with van der Waals surface area (Å²) in [6, 6.07) is 7.80. The van der Waals surface area contributed by atoms with Crippen LogP contribution in [0, 0.1) is 13.8 Å². The van der Waals surface area contributed by atoms with Gasteiger partial charge in [0.2, 0.25) is 10.0 Å².